The van der Waals surface area contributed by atoms with Gasteiger partial charge in [0.25, 0.3) is 11.8 Å². The van der Waals surface area contributed by atoms with Crippen LogP contribution in [0.4, 0.5) is 0 Å². The number of nitrogens with one attached hydrogen (secondary N) is 2. The third kappa shape index (κ3) is 6.87. The Morgan fingerprint density at radius 2 is 1.11 bits per heavy atom. The van der Waals surface area contributed by atoms with Crippen molar-refractivity contribution in [1.82, 2.24) is 10.9 Å². The van der Waals surface area contributed by atoms with Crippen molar-refractivity contribution in [2.24, 2.45) is 10.2 Å². The number of hydrogen-bond acceptors (Lipinski definition) is 9. The van der Waals surface area contributed by atoms with E-state index in [9.17, 15) is 9.59 Å². The highest BCUT2D eigenvalue weighted by molar-refractivity contribution is 8.02. The van der Waals surface area contributed by atoms with Crippen molar-refractivity contribution < 1.29 is 19.1 Å². The summed E-state index contributed by atoms with van der Waals surface area (Å²) in [5.41, 5.74) is 7.65. The van der Waals surface area contributed by atoms with E-state index in [1.165, 1.54) is 0 Å². The van der Waals surface area contributed by atoms with E-state index in [0.717, 1.165) is 19.5 Å². The standard InChI is InChI=1S/C24H24N4O4S3/c1-31-17-9-5-15(6-10-17)21(29)27-25-13-19-20(24(34-4)35-23(19)33-3)14-26-28-22(30)16-7-11-18(32-2)12-8-16/h5-14H,1-4H3,(H,27,29)(H,28,30). The van der Waals surface area contributed by atoms with Gasteiger partial charge in [0, 0.05) is 22.3 Å². The number of carbonyl (C=O) groups is 2. The lowest BCUT2D eigenvalue weighted by atomic mass is 10.2. The number of methoxy groups -OCH3 is 2. The molecule has 2 aromatic carbocycles. The van der Waals surface area contributed by atoms with Gasteiger partial charge < -0.3 is 9.47 Å². The van der Waals surface area contributed by atoms with Gasteiger partial charge in [0.1, 0.15) is 11.5 Å². The van der Waals surface area contributed by atoms with Crippen molar-refractivity contribution in [1.29, 1.82) is 0 Å². The Bertz CT molecular complexity index is 1130. The SMILES string of the molecule is COc1ccc(C(=O)NN=Cc2c(SC)sc(SC)c2C=NNC(=O)c2ccc(OC)cc2)cc1. The highest BCUT2D eigenvalue weighted by atomic mass is 32.2. The Kier molecular flexibility index (Phi) is 9.76. The normalized spacial score (nSPS) is 11.1. The van der Waals surface area contributed by atoms with Gasteiger partial charge in [-0.1, -0.05) is 0 Å². The first-order valence-electron chi connectivity index (χ1n) is 10.2. The Balaban J connectivity index is 1.74. The average Bonchev–Trinajstić information content (AvgIpc) is 3.25. The molecular formula is C24H24N4O4S3. The molecular weight excluding hydrogens is 504 g/mol. The summed E-state index contributed by atoms with van der Waals surface area (Å²) in [6.45, 7) is 0. The van der Waals surface area contributed by atoms with Crippen LogP contribution in [0, 0.1) is 0 Å². The van der Waals surface area contributed by atoms with Crippen LogP contribution in [-0.4, -0.2) is 51.0 Å². The number of thiophene rings is 1. The number of amides is 2. The maximum absolute atomic E-state index is 12.4. The Labute approximate surface area is 216 Å². The number of hydrazone groups is 2. The van der Waals surface area contributed by atoms with Gasteiger partial charge in [0.2, 0.25) is 0 Å². The molecule has 0 radical (unpaired) electrons. The fourth-order valence-electron chi connectivity index (χ4n) is 2.89. The lowest BCUT2D eigenvalue weighted by Crippen LogP contribution is -2.18. The zero-order valence-corrected chi connectivity index (χ0v) is 22.0. The first-order chi connectivity index (χ1) is 17.0. The molecule has 1 heterocycles. The van der Waals surface area contributed by atoms with Crippen LogP contribution in [-0.2, 0) is 0 Å². The fraction of sp³-hybridized carbons (Fsp3) is 0.167. The van der Waals surface area contributed by atoms with Crippen LogP contribution in [0.3, 0.4) is 0 Å². The van der Waals surface area contributed by atoms with E-state index in [1.807, 2.05) is 12.5 Å². The Morgan fingerprint density at radius 1 is 0.743 bits per heavy atom. The third-order valence-corrected chi connectivity index (χ3v) is 8.20. The lowest BCUT2D eigenvalue weighted by molar-refractivity contribution is 0.0947. The molecule has 0 saturated heterocycles. The zero-order chi connectivity index (χ0) is 25.2. The number of carbonyl (C=O) groups excluding carboxylic acids is 2. The zero-order valence-electron chi connectivity index (χ0n) is 19.5. The van der Waals surface area contributed by atoms with E-state index in [2.05, 4.69) is 21.1 Å². The molecule has 0 aliphatic carbocycles. The number of thioether (sulfide) groups is 2. The van der Waals surface area contributed by atoms with Crippen LogP contribution in [0.5, 0.6) is 11.5 Å². The van der Waals surface area contributed by atoms with Gasteiger partial charge in [-0.2, -0.15) is 10.2 Å². The molecule has 0 bridgehead atoms. The van der Waals surface area contributed by atoms with Crippen LogP contribution in [0.2, 0.25) is 0 Å². The molecule has 182 valence electrons. The highest BCUT2D eigenvalue weighted by Gasteiger charge is 2.15. The minimum absolute atomic E-state index is 0.336. The monoisotopic (exact) mass is 528 g/mol. The van der Waals surface area contributed by atoms with Gasteiger partial charge in [-0.15, -0.1) is 34.9 Å². The summed E-state index contributed by atoms with van der Waals surface area (Å²) in [6.07, 6.45) is 7.12. The Morgan fingerprint density at radius 3 is 1.43 bits per heavy atom. The van der Waals surface area contributed by atoms with Gasteiger partial charge in [0.15, 0.2) is 0 Å². The molecule has 0 aliphatic rings. The van der Waals surface area contributed by atoms with Crippen molar-refractivity contribution >= 4 is 59.1 Å². The maximum atomic E-state index is 12.4. The molecule has 0 spiro atoms. The number of benzene rings is 2. The fourth-order valence-corrected chi connectivity index (χ4v) is 5.69. The summed E-state index contributed by atoms with van der Waals surface area (Å²) in [4.78, 5) is 24.8. The number of hydrogen-bond donors (Lipinski definition) is 2. The first kappa shape index (κ1) is 26.3. The molecule has 35 heavy (non-hydrogen) atoms. The van der Waals surface area contributed by atoms with Crippen molar-refractivity contribution in [3.05, 3.63) is 70.8 Å². The quantitative estimate of drug-likeness (QED) is 0.224. The summed E-state index contributed by atoms with van der Waals surface area (Å²) in [5, 5.41) is 8.30. The predicted octanol–water partition coefficient (Wildman–Crippen LogP) is 4.74. The molecule has 1 aromatic heterocycles. The van der Waals surface area contributed by atoms with Crippen LogP contribution in [0.1, 0.15) is 31.8 Å². The maximum Gasteiger partial charge on any atom is 0.271 e. The van der Waals surface area contributed by atoms with Crippen molar-refractivity contribution in [3.63, 3.8) is 0 Å². The molecule has 0 saturated carbocycles. The molecule has 0 unspecified atom stereocenters. The number of ether oxygens (including phenoxy) is 2. The summed E-state index contributed by atoms with van der Waals surface area (Å²) in [7, 11) is 3.13. The second kappa shape index (κ2) is 13.0. The van der Waals surface area contributed by atoms with Gasteiger partial charge in [-0.05, 0) is 61.0 Å². The molecule has 3 rings (SSSR count). The summed E-state index contributed by atoms with van der Waals surface area (Å²) >= 11 is 4.74. The van der Waals surface area contributed by atoms with E-state index in [1.54, 1.807) is 110 Å². The Hall–Kier alpha value is -3.28. The molecule has 2 amide bonds. The number of nitrogens with zero attached hydrogens (tertiary/aromatic N) is 2. The first-order valence-corrected chi connectivity index (χ1v) is 13.5. The van der Waals surface area contributed by atoms with Crippen LogP contribution in [0.25, 0.3) is 0 Å². The second-order valence-corrected chi connectivity index (χ2v) is 9.94. The van der Waals surface area contributed by atoms with Crippen molar-refractivity contribution in [3.8, 4) is 11.5 Å². The summed E-state index contributed by atoms with van der Waals surface area (Å²) < 4.78 is 12.3. The van der Waals surface area contributed by atoms with Gasteiger partial charge in [-0.3, -0.25) is 9.59 Å². The molecule has 2 N–H and O–H groups in total. The lowest BCUT2D eigenvalue weighted by Gasteiger charge is -2.03. The summed E-state index contributed by atoms with van der Waals surface area (Å²) in [6, 6.07) is 13.5. The molecule has 3 aromatic rings. The number of rotatable bonds is 10. The van der Waals surface area contributed by atoms with Crippen LogP contribution < -0.4 is 20.3 Å². The van der Waals surface area contributed by atoms with Crippen molar-refractivity contribution in [2.75, 3.05) is 26.7 Å². The van der Waals surface area contributed by atoms with E-state index >= 15 is 0 Å². The van der Waals surface area contributed by atoms with E-state index in [-0.39, 0.29) is 11.8 Å². The molecule has 0 aliphatic heterocycles. The van der Waals surface area contributed by atoms with Gasteiger partial charge >= 0.3 is 0 Å². The van der Waals surface area contributed by atoms with Crippen LogP contribution in [0.15, 0.2) is 67.2 Å². The highest BCUT2D eigenvalue weighted by Crippen LogP contribution is 2.38. The summed E-state index contributed by atoms with van der Waals surface area (Å²) in [5.74, 6) is 0.662. The van der Waals surface area contributed by atoms with Crippen molar-refractivity contribution in [2.45, 2.75) is 8.42 Å². The van der Waals surface area contributed by atoms with Crippen LogP contribution >= 0.6 is 34.9 Å². The van der Waals surface area contributed by atoms with E-state index in [0.29, 0.717) is 22.6 Å². The largest absolute Gasteiger partial charge is 0.497 e. The molecule has 0 fully saturated rings. The van der Waals surface area contributed by atoms with E-state index < -0.39 is 0 Å². The molecule has 0 atom stereocenters. The third-order valence-electron chi connectivity index (χ3n) is 4.71. The predicted molar refractivity (Wildman–Crippen MR) is 144 cm³/mol. The minimum atomic E-state index is -0.336. The molecule has 8 nitrogen and oxygen atoms in total. The smallest absolute Gasteiger partial charge is 0.271 e. The minimum Gasteiger partial charge on any atom is -0.497 e. The average molecular weight is 529 g/mol. The van der Waals surface area contributed by atoms with E-state index in [4.69, 9.17) is 9.47 Å². The topological polar surface area (TPSA) is 101 Å². The van der Waals surface area contributed by atoms with Gasteiger partial charge in [0.05, 0.1) is 35.1 Å². The molecule has 11 heteroatoms. The van der Waals surface area contributed by atoms with Gasteiger partial charge in [-0.25, -0.2) is 10.9 Å². The second-order valence-electron chi connectivity index (χ2n) is 6.77.